The lowest BCUT2D eigenvalue weighted by Gasteiger charge is -2.07. The molecular weight excluding hydrogens is 408 g/mol. The van der Waals surface area contributed by atoms with Crippen molar-refractivity contribution in [2.45, 2.75) is 20.5 Å². The Morgan fingerprint density at radius 3 is 2.62 bits per heavy atom. The van der Waals surface area contributed by atoms with Gasteiger partial charge >= 0.3 is 5.97 Å². The number of rotatable bonds is 6. The molecule has 0 fully saturated rings. The lowest BCUT2D eigenvalue weighted by atomic mass is 10.1. The van der Waals surface area contributed by atoms with E-state index in [1.807, 2.05) is 49.4 Å². The first kappa shape index (κ1) is 21.0. The van der Waals surface area contributed by atoms with Crippen molar-refractivity contribution in [3.63, 3.8) is 0 Å². The van der Waals surface area contributed by atoms with Crippen molar-refractivity contribution in [3.8, 4) is 5.75 Å². The number of hydrogen-bond acceptors (Lipinski definition) is 6. The third-order valence-corrected chi connectivity index (χ3v) is 4.91. The maximum Gasteiger partial charge on any atom is 0.363 e. The zero-order chi connectivity index (χ0) is 22.7. The molecule has 0 aliphatic carbocycles. The van der Waals surface area contributed by atoms with Gasteiger partial charge in [-0.05, 0) is 55.3 Å². The van der Waals surface area contributed by atoms with Gasteiger partial charge in [-0.1, -0.05) is 42.0 Å². The standard InChI is InChI=1S/C25H20N2O5/c1-16-5-3-7-19(11-16)15-31-21-8-4-6-18(13-21)14-22-25(28)32-24(26-22)20-9-10-23(27(29)30)17(2)12-20/h3-14H,15H2,1-2H3/b22-14-. The van der Waals surface area contributed by atoms with Crippen LogP contribution in [0.4, 0.5) is 5.69 Å². The number of aliphatic imine (C=N–C) groups is 1. The average Bonchev–Trinajstić information content (AvgIpc) is 3.12. The van der Waals surface area contributed by atoms with Gasteiger partial charge in [0.2, 0.25) is 5.90 Å². The van der Waals surface area contributed by atoms with Crippen LogP contribution in [0, 0.1) is 24.0 Å². The van der Waals surface area contributed by atoms with E-state index in [0.29, 0.717) is 23.5 Å². The molecule has 160 valence electrons. The molecule has 7 heteroatoms. The third kappa shape index (κ3) is 4.73. The Morgan fingerprint density at radius 2 is 1.88 bits per heavy atom. The molecule has 1 aliphatic heterocycles. The molecule has 32 heavy (non-hydrogen) atoms. The van der Waals surface area contributed by atoms with Crippen LogP contribution < -0.4 is 4.74 Å². The number of aryl methyl sites for hydroxylation is 2. The van der Waals surface area contributed by atoms with Crippen LogP contribution in [0.5, 0.6) is 5.75 Å². The first-order valence-electron chi connectivity index (χ1n) is 9.95. The summed E-state index contributed by atoms with van der Waals surface area (Å²) in [7, 11) is 0. The van der Waals surface area contributed by atoms with Gasteiger partial charge < -0.3 is 9.47 Å². The minimum absolute atomic E-state index is 0.00285. The molecule has 7 nitrogen and oxygen atoms in total. The molecule has 0 amide bonds. The predicted octanol–water partition coefficient (Wildman–Crippen LogP) is 5.14. The van der Waals surface area contributed by atoms with Crippen molar-refractivity contribution in [1.82, 2.24) is 0 Å². The maximum atomic E-state index is 12.3. The van der Waals surface area contributed by atoms with Gasteiger partial charge in [-0.2, -0.15) is 0 Å². The molecule has 0 bridgehead atoms. The molecule has 4 rings (SSSR count). The predicted molar refractivity (Wildman–Crippen MR) is 120 cm³/mol. The Kier molecular flexibility index (Phi) is 5.81. The number of cyclic esters (lactones) is 1. The SMILES string of the molecule is Cc1cccc(COc2cccc(/C=C3\N=C(c4ccc([N+](=O)[O-])c(C)c4)OC3=O)c2)c1. The van der Waals surface area contributed by atoms with E-state index in [4.69, 9.17) is 9.47 Å². The molecule has 0 saturated heterocycles. The van der Waals surface area contributed by atoms with Gasteiger partial charge in [0.1, 0.15) is 12.4 Å². The second-order valence-corrected chi connectivity index (χ2v) is 7.44. The molecule has 0 saturated carbocycles. The van der Waals surface area contributed by atoms with E-state index in [1.54, 1.807) is 19.1 Å². The summed E-state index contributed by atoms with van der Waals surface area (Å²) >= 11 is 0. The minimum Gasteiger partial charge on any atom is -0.489 e. The molecule has 0 spiro atoms. The first-order chi connectivity index (χ1) is 15.4. The average molecular weight is 428 g/mol. The van der Waals surface area contributed by atoms with Crippen molar-refractivity contribution in [3.05, 3.63) is 110 Å². The summed E-state index contributed by atoms with van der Waals surface area (Å²) in [5, 5.41) is 11.0. The maximum absolute atomic E-state index is 12.3. The molecule has 3 aromatic carbocycles. The lowest BCUT2D eigenvalue weighted by Crippen LogP contribution is -2.06. The van der Waals surface area contributed by atoms with Gasteiger partial charge in [0.05, 0.1) is 4.92 Å². The number of carbonyl (C=O) groups is 1. The van der Waals surface area contributed by atoms with Crippen molar-refractivity contribution in [1.29, 1.82) is 0 Å². The van der Waals surface area contributed by atoms with Crippen LogP contribution in [0.15, 0.2) is 77.4 Å². The number of esters is 1. The van der Waals surface area contributed by atoms with E-state index in [0.717, 1.165) is 11.1 Å². The van der Waals surface area contributed by atoms with Crippen molar-refractivity contribution in [2.75, 3.05) is 0 Å². The van der Waals surface area contributed by atoms with Gasteiger partial charge in [-0.25, -0.2) is 9.79 Å². The highest BCUT2D eigenvalue weighted by Gasteiger charge is 2.25. The topological polar surface area (TPSA) is 91.0 Å². The van der Waals surface area contributed by atoms with Gasteiger partial charge in [0.15, 0.2) is 5.70 Å². The number of benzene rings is 3. The Balaban J connectivity index is 1.52. The van der Waals surface area contributed by atoms with Crippen molar-refractivity contribution >= 4 is 23.6 Å². The molecule has 1 aliphatic rings. The zero-order valence-corrected chi connectivity index (χ0v) is 17.6. The zero-order valence-electron chi connectivity index (χ0n) is 17.6. The number of hydrogen-bond donors (Lipinski definition) is 0. The highest BCUT2D eigenvalue weighted by Crippen LogP contribution is 2.24. The van der Waals surface area contributed by atoms with E-state index in [2.05, 4.69) is 11.1 Å². The summed E-state index contributed by atoms with van der Waals surface area (Å²) in [5.74, 6) is 0.204. The summed E-state index contributed by atoms with van der Waals surface area (Å²) in [6.45, 7) is 4.09. The summed E-state index contributed by atoms with van der Waals surface area (Å²) in [4.78, 5) is 27.1. The van der Waals surface area contributed by atoms with Crippen LogP contribution in [-0.2, 0) is 16.1 Å². The molecular formula is C25H20N2O5. The summed E-state index contributed by atoms with van der Waals surface area (Å²) in [6.07, 6.45) is 1.62. The Bertz CT molecular complexity index is 1280. The summed E-state index contributed by atoms with van der Waals surface area (Å²) < 4.78 is 11.2. The Labute approximate surface area is 184 Å². The van der Waals surface area contributed by atoms with E-state index < -0.39 is 10.9 Å². The fourth-order valence-electron chi connectivity index (χ4n) is 3.35. The number of ether oxygens (including phenoxy) is 2. The monoisotopic (exact) mass is 428 g/mol. The highest BCUT2D eigenvalue weighted by molar-refractivity contribution is 6.13. The molecule has 1 heterocycles. The fourth-order valence-corrected chi connectivity index (χ4v) is 3.35. The molecule has 0 atom stereocenters. The highest BCUT2D eigenvalue weighted by atomic mass is 16.6. The van der Waals surface area contributed by atoms with Crippen LogP contribution in [0.1, 0.15) is 27.8 Å². The van der Waals surface area contributed by atoms with E-state index >= 15 is 0 Å². The lowest BCUT2D eigenvalue weighted by molar-refractivity contribution is -0.385. The quantitative estimate of drug-likeness (QED) is 0.235. The summed E-state index contributed by atoms with van der Waals surface area (Å²) in [5.41, 5.74) is 4.08. The fraction of sp³-hybridized carbons (Fsp3) is 0.120. The van der Waals surface area contributed by atoms with Crippen molar-refractivity contribution < 1.29 is 19.2 Å². The molecule has 3 aromatic rings. The Hall–Kier alpha value is -4.26. The number of nitro benzene ring substituents is 1. The van der Waals surface area contributed by atoms with Crippen LogP contribution in [0.2, 0.25) is 0 Å². The van der Waals surface area contributed by atoms with Crippen LogP contribution in [0.25, 0.3) is 6.08 Å². The Morgan fingerprint density at radius 1 is 1.06 bits per heavy atom. The first-order valence-corrected chi connectivity index (χ1v) is 9.95. The molecule has 0 N–H and O–H groups in total. The second-order valence-electron chi connectivity index (χ2n) is 7.44. The molecule has 0 radical (unpaired) electrons. The number of carbonyl (C=O) groups excluding carboxylic acids is 1. The number of nitrogens with zero attached hydrogens (tertiary/aromatic N) is 2. The normalized spacial score (nSPS) is 14.2. The number of nitro groups is 1. The van der Waals surface area contributed by atoms with Gasteiger partial charge in [-0.3, -0.25) is 10.1 Å². The van der Waals surface area contributed by atoms with E-state index in [-0.39, 0.29) is 17.3 Å². The van der Waals surface area contributed by atoms with Gasteiger partial charge in [-0.15, -0.1) is 0 Å². The van der Waals surface area contributed by atoms with Crippen molar-refractivity contribution in [2.24, 2.45) is 4.99 Å². The molecule has 0 aromatic heterocycles. The minimum atomic E-state index is -0.581. The smallest absolute Gasteiger partial charge is 0.363 e. The van der Waals surface area contributed by atoms with Crippen LogP contribution in [0.3, 0.4) is 0 Å². The van der Waals surface area contributed by atoms with Gasteiger partial charge in [0, 0.05) is 17.2 Å². The van der Waals surface area contributed by atoms with Crippen LogP contribution >= 0.6 is 0 Å². The largest absolute Gasteiger partial charge is 0.489 e. The van der Waals surface area contributed by atoms with Crippen LogP contribution in [-0.4, -0.2) is 16.8 Å². The third-order valence-electron chi connectivity index (χ3n) is 4.91. The second kappa shape index (κ2) is 8.85. The van der Waals surface area contributed by atoms with Gasteiger partial charge in [0.25, 0.3) is 5.69 Å². The molecule has 0 unspecified atom stereocenters. The van der Waals surface area contributed by atoms with E-state index in [1.165, 1.54) is 17.7 Å². The van der Waals surface area contributed by atoms with E-state index in [9.17, 15) is 14.9 Å². The summed E-state index contributed by atoms with van der Waals surface area (Å²) in [6, 6.07) is 19.9.